The Morgan fingerprint density at radius 2 is 1.85 bits per heavy atom. The van der Waals surface area contributed by atoms with Crippen LogP contribution in [0.1, 0.15) is 5.56 Å². The summed E-state index contributed by atoms with van der Waals surface area (Å²) < 4.78 is 43.1. The Kier molecular flexibility index (Phi) is 5.52. The van der Waals surface area contributed by atoms with Gasteiger partial charge in [-0.25, -0.2) is 13.1 Å². The van der Waals surface area contributed by atoms with E-state index < -0.39 is 22.5 Å². The first kappa shape index (κ1) is 19.0. The quantitative estimate of drug-likeness (QED) is 0.776. The molecular formula is C18H20N2O6S. The van der Waals surface area contributed by atoms with Crippen molar-refractivity contribution in [2.24, 2.45) is 0 Å². The number of ether oxygens (including phenoxy) is 3. The molecule has 0 saturated carbocycles. The van der Waals surface area contributed by atoms with Crippen molar-refractivity contribution in [2.45, 2.75) is 11.8 Å². The third-order valence-electron chi connectivity index (χ3n) is 3.92. The van der Waals surface area contributed by atoms with Crippen LogP contribution in [0.4, 0.5) is 5.69 Å². The Labute approximate surface area is 157 Å². The minimum Gasteiger partial charge on any atom is -0.497 e. The number of aryl methyl sites for hydroxylation is 1. The van der Waals surface area contributed by atoms with Crippen molar-refractivity contribution in [3.05, 3.63) is 42.0 Å². The molecule has 1 heterocycles. The van der Waals surface area contributed by atoms with Crippen LogP contribution in [0.25, 0.3) is 0 Å². The van der Waals surface area contributed by atoms with Crippen LogP contribution in [-0.2, 0) is 14.8 Å². The highest BCUT2D eigenvalue weighted by atomic mass is 32.2. The van der Waals surface area contributed by atoms with Gasteiger partial charge < -0.3 is 19.5 Å². The first-order chi connectivity index (χ1) is 12.9. The molecule has 0 atom stereocenters. The van der Waals surface area contributed by atoms with E-state index in [0.29, 0.717) is 41.7 Å². The van der Waals surface area contributed by atoms with Crippen molar-refractivity contribution in [1.82, 2.24) is 4.72 Å². The van der Waals surface area contributed by atoms with Crippen molar-refractivity contribution >= 4 is 21.6 Å². The number of nitrogens with one attached hydrogen (secondary N) is 2. The first-order valence-corrected chi connectivity index (χ1v) is 9.71. The lowest BCUT2D eigenvalue weighted by Crippen LogP contribution is -2.33. The normalized spacial score (nSPS) is 13.1. The summed E-state index contributed by atoms with van der Waals surface area (Å²) in [5, 5.41) is 2.63. The van der Waals surface area contributed by atoms with Gasteiger partial charge in [-0.1, -0.05) is 0 Å². The van der Waals surface area contributed by atoms with E-state index >= 15 is 0 Å². The summed E-state index contributed by atoms with van der Waals surface area (Å²) in [5.74, 6) is 1.20. The van der Waals surface area contributed by atoms with E-state index in [-0.39, 0.29) is 4.90 Å². The van der Waals surface area contributed by atoms with E-state index in [9.17, 15) is 13.2 Å². The lowest BCUT2D eigenvalue weighted by molar-refractivity contribution is -0.115. The maximum atomic E-state index is 12.4. The fraction of sp³-hybridized carbons (Fsp3) is 0.278. The van der Waals surface area contributed by atoms with Gasteiger partial charge in [-0.15, -0.1) is 0 Å². The Balaban J connectivity index is 1.63. The van der Waals surface area contributed by atoms with Gasteiger partial charge in [0.05, 0.1) is 18.6 Å². The molecule has 1 amide bonds. The number of anilines is 1. The highest BCUT2D eigenvalue weighted by Crippen LogP contribution is 2.32. The monoisotopic (exact) mass is 392 g/mol. The molecule has 0 fully saturated rings. The molecule has 0 radical (unpaired) electrons. The second-order valence-electron chi connectivity index (χ2n) is 5.86. The smallest absolute Gasteiger partial charge is 0.241 e. The van der Waals surface area contributed by atoms with Crippen molar-refractivity contribution < 1.29 is 27.4 Å². The molecule has 1 aliphatic rings. The van der Waals surface area contributed by atoms with Crippen molar-refractivity contribution in [2.75, 3.05) is 32.2 Å². The predicted octanol–water partition coefficient (Wildman–Crippen LogP) is 1.69. The summed E-state index contributed by atoms with van der Waals surface area (Å²) in [5.41, 5.74) is 1.01. The van der Waals surface area contributed by atoms with Crippen molar-refractivity contribution in [3.63, 3.8) is 0 Å². The van der Waals surface area contributed by atoms with Crippen LogP contribution < -0.4 is 24.2 Å². The second-order valence-corrected chi connectivity index (χ2v) is 7.60. The van der Waals surface area contributed by atoms with E-state index in [0.717, 1.165) is 0 Å². The zero-order valence-electron chi connectivity index (χ0n) is 14.9. The molecule has 0 spiro atoms. The van der Waals surface area contributed by atoms with Crippen LogP contribution in [0, 0.1) is 6.92 Å². The molecule has 0 saturated heterocycles. The number of methoxy groups -OCH3 is 1. The van der Waals surface area contributed by atoms with Crippen LogP contribution in [0.15, 0.2) is 41.3 Å². The number of hydrogen-bond donors (Lipinski definition) is 2. The number of benzene rings is 2. The van der Waals surface area contributed by atoms with Gasteiger partial charge in [0.15, 0.2) is 11.5 Å². The molecule has 3 rings (SSSR count). The molecule has 1 aliphatic heterocycles. The number of sulfonamides is 1. The highest BCUT2D eigenvalue weighted by molar-refractivity contribution is 7.89. The number of rotatable bonds is 6. The molecular weight excluding hydrogens is 372 g/mol. The van der Waals surface area contributed by atoms with E-state index in [1.165, 1.54) is 13.2 Å². The number of amides is 1. The van der Waals surface area contributed by atoms with Crippen LogP contribution in [-0.4, -0.2) is 41.2 Å². The Morgan fingerprint density at radius 1 is 1.11 bits per heavy atom. The van der Waals surface area contributed by atoms with Gasteiger partial charge in [-0.05, 0) is 42.8 Å². The summed E-state index contributed by atoms with van der Waals surface area (Å²) >= 11 is 0. The molecule has 144 valence electrons. The third kappa shape index (κ3) is 4.50. The Bertz CT molecular complexity index is 958. The average molecular weight is 392 g/mol. The zero-order valence-corrected chi connectivity index (χ0v) is 15.8. The number of carbonyl (C=O) groups is 1. The van der Waals surface area contributed by atoms with Gasteiger partial charge >= 0.3 is 0 Å². The Morgan fingerprint density at radius 3 is 2.56 bits per heavy atom. The molecule has 2 N–H and O–H groups in total. The van der Waals surface area contributed by atoms with Crippen LogP contribution in [0.2, 0.25) is 0 Å². The summed E-state index contributed by atoms with van der Waals surface area (Å²) in [6.07, 6.45) is 0. The molecule has 0 aliphatic carbocycles. The minimum atomic E-state index is -3.83. The molecule has 9 heteroatoms. The number of fused-ring (bicyclic) bond motifs is 1. The van der Waals surface area contributed by atoms with E-state index in [2.05, 4.69) is 10.0 Å². The first-order valence-electron chi connectivity index (χ1n) is 8.23. The summed E-state index contributed by atoms with van der Waals surface area (Å²) in [7, 11) is -2.33. The fourth-order valence-electron chi connectivity index (χ4n) is 2.61. The lowest BCUT2D eigenvalue weighted by Gasteiger charge is -2.19. The summed E-state index contributed by atoms with van der Waals surface area (Å²) in [6.45, 7) is 2.17. The van der Waals surface area contributed by atoms with Gasteiger partial charge in [0.25, 0.3) is 0 Å². The summed E-state index contributed by atoms with van der Waals surface area (Å²) in [4.78, 5) is 12.2. The van der Waals surface area contributed by atoms with Crippen molar-refractivity contribution in [3.8, 4) is 17.2 Å². The second kappa shape index (κ2) is 7.85. The summed E-state index contributed by atoms with van der Waals surface area (Å²) in [6, 6.07) is 9.59. The van der Waals surface area contributed by atoms with Crippen LogP contribution in [0.3, 0.4) is 0 Å². The Hall–Kier alpha value is -2.78. The molecule has 2 aromatic rings. The number of hydrogen-bond acceptors (Lipinski definition) is 6. The van der Waals surface area contributed by atoms with E-state index in [1.807, 2.05) is 0 Å². The van der Waals surface area contributed by atoms with Gasteiger partial charge in [-0.3, -0.25) is 4.79 Å². The van der Waals surface area contributed by atoms with Gasteiger partial charge in [0.1, 0.15) is 19.0 Å². The molecule has 27 heavy (non-hydrogen) atoms. The van der Waals surface area contributed by atoms with E-state index in [4.69, 9.17) is 14.2 Å². The predicted molar refractivity (Wildman–Crippen MR) is 99.0 cm³/mol. The zero-order chi connectivity index (χ0) is 19.4. The molecule has 2 aromatic carbocycles. The van der Waals surface area contributed by atoms with Crippen LogP contribution in [0.5, 0.6) is 17.2 Å². The van der Waals surface area contributed by atoms with Gasteiger partial charge in [-0.2, -0.15) is 0 Å². The lowest BCUT2D eigenvalue weighted by atomic mass is 10.2. The molecule has 0 unspecified atom stereocenters. The standard InChI is InChI=1S/C18H20N2O6S/c1-12-9-14(24-2)4-6-17(12)27(22,23)19-11-18(21)20-13-3-5-15-16(10-13)26-8-7-25-15/h3-6,9-10,19H,7-8,11H2,1-2H3,(H,20,21). The SMILES string of the molecule is COc1ccc(S(=O)(=O)NCC(=O)Nc2ccc3c(c2)OCCO3)c(C)c1. The molecule has 0 bridgehead atoms. The number of carbonyl (C=O) groups excluding carboxylic acids is 1. The van der Waals surface area contributed by atoms with Crippen molar-refractivity contribution in [1.29, 1.82) is 0 Å². The van der Waals surface area contributed by atoms with Gasteiger partial charge in [0.2, 0.25) is 15.9 Å². The third-order valence-corrected chi connectivity index (χ3v) is 5.48. The molecule has 8 nitrogen and oxygen atoms in total. The highest BCUT2D eigenvalue weighted by Gasteiger charge is 2.19. The van der Waals surface area contributed by atoms with Gasteiger partial charge in [0, 0.05) is 11.8 Å². The topological polar surface area (TPSA) is 103 Å². The minimum absolute atomic E-state index is 0.0930. The average Bonchev–Trinajstić information content (AvgIpc) is 2.66. The maximum Gasteiger partial charge on any atom is 0.241 e. The molecule has 0 aromatic heterocycles. The van der Waals surface area contributed by atoms with Crippen LogP contribution >= 0.6 is 0 Å². The maximum absolute atomic E-state index is 12.4. The fourth-order valence-corrected chi connectivity index (χ4v) is 3.82. The van der Waals surface area contributed by atoms with E-state index in [1.54, 1.807) is 37.3 Å². The largest absolute Gasteiger partial charge is 0.497 e.